The van der Waals surface area contributed by atoms with Crippen LogP contribution in [-0.4, -0.2) is 60.1 Å². The number of hydrogen-bond donors (Lipinski definition) is 0. The Morgan fingerprint density at radius 3 is 2.68 bits per heavy atom. The second-order valence-corrected chi connectivity index (χ2v) is 7.18. The smallest absolute Gasteiger partial charge is 0.373 e. The molecule has 1 aliphatic rings. The topological polar surface area (TPSA) is 124 Å². The summed E-state index contributed by atoms with van der Waals surface area (Å²) in [4.78, 5) is 35.3. The molecule has 0 spiro atoms. The van der Waals surface area contributed by atoms with E-state index in [9.17, 15) is 14.9 Å². The second kappa shape index (κ2) is 8.66. The largest absolute Gasteiger partial charge is 0.433 e. The Balaban J connectivity index is 1.70. The molecule has 1 fully saturated rings. The van der Waals surface area contributed by atoms with E-state index in [0.29, 0.717) is 24.0 Å². The number of nitro groups is 1. The maximum Gasteiger partial charge on any atom is 0.373 e. The SMILES string of the molecule is COCc1cc(=O)oc2cc(Oc3ncnc(N4CCN(C)CC4)c3[N+](=O)[O-])ccc12. The van der Waals surface area contributed by atoms with Gasteiger partial charge in [-0.15, -0.1) is 0 Å². The van der Waals surface area contributed by atoms with Gasteiger partial charge in [0, 0.05) is 50.8 Å². The van der Waals surface area contributed by atoms with Crippen LogP contribution in [-0.2, 0) is 11.3 Å². The van der Waals surface area contributed by atoms with Gasteiger partial charge in [0.05, 0.1) is 11.5 Å². The van der Waals surface area contributed by atoms with Gasteiger partial charge in [0.1, 0.15) is 17.7 Å². The quantitative estimate of drug-likeness (QED) is 0.328. The van der Waals surface area contributed by atoms with Crippen LogP contribution in [0.2, 0.25) is 0 Å². The molecule has 0 radical (unpaired) electrons. The van der Waals surface area contributed by atoms with Crippen LogP contribution >= 0.6 is 0 Å². The van der Waals surface area contributed by atoms with E-state index in [1.54, 1.807) is 12.1 Å². The fraction of sp³-hybridized carbons (Fsp3) is 0.350. The second-order valence-electron chi connectivity index (χ2n) is 7.18. The molecule has 0 N–H and O–H groups in total. The first-order chi connectivity index (χ1) is 15.0. The lowest BCUT2D eigenvalue weighted by Crippen LogP contribution is -2.45. The molecular formula is C20H21N5O6. The van der Waals surface area contributed by atoms with Crippen molar-refractivity contribution in [3.8, 4) is 11.6 Å². The molecule has 3 aromatic rings. The van der Waals surface area contributed by atoms with Crippen molar-refractivity contribution < 1.29 is 18.8 Å². The van der Waals surface area contributed by atoms with Crippen LogP contribution in [0.1, 0.15) is 5.56 Å². The number of anilines is 1. The van der Waals surface area contributed by atoms with E-state index < -0.39 is 10.5 Å². The maximum atomic E-state index is 11.9. The lowest BCUT2D eigenvalue weighted by molar-refractivity contribution is -0.385. The molecule has 1 aromatic carbocycles. The van der Waals surface area contributed by atoms with Crippen LogP contribution < -0.4 is 15.3 Å². The zero-order valence-corrected chi connectivity index (χ0v) is 17.1. The van der Waals surface area contributed by atoms with Crippen molar-refractivity contribution in [1.82, 2.24) is 14.9 Å². The minimum atomic E-state index is -0.541. The summed E-state index contributed by atoms with van der Waals surface area (Å²) in [6.07, 6.45) is 1.24. The first-order valence-corrected chi connectivity index (χ1v) is 9.62. The molecule has 0 atom stereocenters. The molecular weight excluding hydrogens is 406 g/mol. The van der Waals surface area contributed by atoms with Crippen LogP contribution in [0, 0.1) is 10.1 Å². The van der Waals surface area contributed by atoms with Crippen molar-refractivity contribution in [2.45, 2.75) is 6.61 Å². The number of ether oxygens (including phenoxy) is 2. The summed E-state index contributed by atoms with van der Waals surface area (Å²) < 4.78 is 16.1. The number of likely N-dealkylation sites (N-methyl/N-ethyl adjacent to an activating group) is 1. The third-order valence-corrected chi connectivity index (χ3v) is 5.07. The molecule has 0 unspecified atom stereocenters. The van der Waals surface area contributed by atoms with Gasteiger partial charge >= 0.3 is 17.2 Å². The van der Waals surface area contributed by atoms with E-state index in [-0.39, 0.29) is 35.3 Å². The van der Waals surface area contributed by atoms with Crippen molar-refractivity contribution in [1.29, 1.82) is 0 Å². The van der Waals surface area contributed by atoms with Crippen LogP contribution in [0.15, 0.2) is 39.8 Å². The van der Waals surface area contributed by atoms with Crippen molar-refractivity contribution in [2.75, 3.05) is 45.2 Å². The Bertz CT molecular complexity index is 1170. The van der Waals surface area contributed by atoms with Crippen molar-refractivity contribution >= 4 is 22.5 Å². The minimum absolute atomic E-state index is 0.177. The van der Waals surface area contributed by atoms with Crippen LogP contribution in [0.5, 0.6) is 11.6 Å². The van der Waals surface area contributed by atoms with E-state index in [2.05, 4.69) is 14.9 Å². The lowest BCUT2D eigenvalue weighted by Gasteiger charge is -2.32. The Kier molecular flexibility index (Phi) is 5.78. The highest BCUT2D eigenvalue weighted by Gasteiger charge is 2.30. The maximum absolute atomic E-state index is 11.9. The third-order valence-electron chi connectivity index (χ3n) is 5.07. The average molecular weight is 427 g/mol. The van der Waals surface area contributed by atoms with E-state index in [0.717, 1.165) is 13.1 Å². The highest BCUT2D eigenvalue weighted by atomic mass is 16.6. The summed E-state index contributed by atoms with van der Waals surface area (Å²) in [6.45, 7) is 3.00. The molecule has 0 bridgehead atoms. The standard InChI is InChI=1S/C20H21N5O6/c1-23-5-7-24(8-6-23)19-18(25(27)28)20(22-12-21-19)30-14-3-4-15-13(11-29-2)9-17(26)31-16(15)10-14/h3-4,9-10,12H,5-8,11H2,1-2H3. The summed E-state index contributed by atoms with van der Waals surface area (Å²) in [6, 6.07) is 6.19. The molecule has 4 rings (SSSR count). The molecule has 1 saturated heterocycles. The number of fused-ring (bicyclic) bond motifs is 1. The Labute approximate surface area is 177 Å². The number of piperazine rings is 1. The molecule has 0 aliphatic carbocycles. The van der Waals surface area contributed by atoms with Gasteiger partial charge in [-0.25, -0.2) is 9.78 Å². The number of hydrogen-bond acceptors (Lipinski definition) is 10. The Morgan fingerprint density at radius 2 is 1.97 bits per heavy atom. The molecule has 3 heterocycles. The molecule has 1 aliphatic heterocycles. The summed E-state index contributed by atoms with van der Waals surface area (Å²) >= 11 is 0. The monoisotopic (exact) mass is 427 g/mol. The number of nitrogens with zero attached hydrogens (tertiary/aromatic N) is 5. The first kappa shape index (κ1) is 20.7. The lowest BCUT2D eigenvalue weighted by atomic mass is 10.1. The van der Waals surface area contributed by atoms with E-state index in [4.69, 9.17) is 13.9 Å². The van der Waals surface area contributed by atoms with Gasteiger partial charge in [-0.2, -0.15) is 4.98 Å². The molecule has 2 aromatic heterocycles. The zero-order valence-electron chi connectivity index (χ0n) is 17.1. The van der Waals surface area contributed by atoms with Crippen LogP contribution in [0.3, 0.4) is 0 Å². The Hall–Kier alpha value is -3.57. The van der Waals surface area contributed by atoms with Gasteiger partial charge in [0.2, 0.25) is 5.82 Å². The predicted octanol–water partition coefficient (Wildman–Crippen LogP) is 2.18. The average Bonchev–Trinajstić information content (AvgIpc) is 2.74. The first-order valence-electron chi connectivity index (χ1n) is 9.62. The summed E-state index contributed by atoms with van der Waals surface area (Å²) in [5, 5.41) is 12.5. The zero-order chi connectivity index (χ0) is 22.0. The van der Waals surface area contributed by atoms with Gasteiger partial charge < -0.3 is 23.7 Å². The summed E-state index contributed by atoms with van der Waals surface area (Å²) in [5.41, 5.74) is 0.127. The number of aromatic nitrogens is 2. The van der Waals surface area contributed by atoms with Gasteiger partial charge in [0.25, 0.3) is 0 Å². The van der Waals surface area contributed by atoms with Gasteiger partial charge in [-0.05, 0) is 24.7 Å². The molecule has 31 heavy (non-hydrogen) atoms. The molecule has 162 valence electrons. The van der Waals surface area contributed by atoms with Crippen LogP contribution in [0.25, 0.3) is 11.0 Å². The highest BCUT2D eigenvalue weighted by Crippen LogP contribution is 2.37. The third kappa shape index (κ3) is 4.32. The Morgan fingerprint density at radius 1 is 1.19 bits per heavy atom. The number of methoxy groups -OCH3 is 1. The van der Waals surface area contributed by atoms with Gasteiger partial charge in [-0.3, -0.25) is 10.1 Å². The molecule has 0 saturated carbocycles. The van der Waals surface area contributed by atoms with E-state index >= 15 is 0 Å². The van der Waals surface area contributed by atoms with Gasteiger partial charge in [-0.1, -0.05) is 0 Å². The van der Waals surface area contributed by atoms with Crippen molar-refractivity contribution in [3.63, 3.8) is 0 Å². The van der Waals surface area contributed by atoms with E-state index in [1.807, 2.05) is 11.9 Å². The van der Waals surface area contributed by atoms with Crippen molar-refractivity contribution in [3.05, 3.63) is 56.7 Å². The van der Waals surface area contributed by atoms with E-state index in [1.165, 1.54) is 25.6 Å². The number of rotatable bonds is 6. The summed E-state index contributed by atoms with van der Waals surface area (Å²) in [5.74, 6) is 0.290. The molecule has 0 amide bonds. The summed E-state index contributed by atoms with van der Waals surface area (Å²) in [7, 11) is 3.53. The normalized spacial score (nSPS) is 14.7. The highest BCUT2D eigenvalue weighted by molar-refractivity contribution is 5.81. The molecule has 11 nitrogen and oxygen atoms in total. The number of benzene rings is 1. The fourth-order valence-corrected chi connectivity index (χ4v) is 3.50. The molecule has 11 heteroatoms. The van der Waals surface area contributed by atoms with Gasteiger partial charge in [0.15, 0.2) is 0 Å². The van der Waals surface area contributed by atoms with Crippen LogP contribution in [0.4, 0.5) is 11.5 Å². The fourth-order valence-electron chi connectivity index (χ4n) is 3.50. The minimum Gasteiger partial charge on any atom is -0.433 e. The van der Waals surface area contributed by atoms with Crippen molar-refractivity contribution in [2.24, 2.45) is 0 Å². The predicted molar refractivity (Wildman–Crippen MR) is 112 cm³/mol.